The van der Waals surface area contributed by atoms with Crippen LogP contribution < -0.4 is 0 Å². The molecule has 1 aromatic carbocycles. The predicted molar refractivity (Wildman–Crippen MR) is 50.1 cm³/mol. The van der Waals surface area contributed by atoms with Crippen molar-refractivity contribution in [3.05, 3.63) is 41.3 Å². The van der Waals surface area contributed by atoms with E-state index in [1.807, 2.05) is 12.1 Å². The summed E-state index contributed by atoms with van der Waals surface area (Å²) in [5.41, 5.74) is 0. The van der Waals surface area contributed by atoms with Gasteiger partial charge in [-0.05, 0) is 11.5 Å². The van der Waals surface area contributed by atoms with Gasteiger partial charge in [0.1, 0.15) is 0 Å². The predicted octanol–water partition coefficient (Wildman–Crippen LogP) is 2.40. The molecular formula is C9H7O3S-. The fourth-order valence-corrected chi connectivity index (χ4v) is 1.71. The maximum absolute atomic E-state index is 10.8. The van der Waals surface area contributed by atoms with Crippen molar-refractivity contribution in [3.63, 3.8) is 0 Å². The van der Waals surface area contributed by atoms with Crippen molar-refractivity contribution in [2.45, 2.75) is 0 Å². The molecule has 4 heteroatoms. The Hall–Kier alpha value is -1.26. The largest absolute Gasteiger partial charge is 0.487 e. The van der Waals surface area contributed by atoms with Gasteiger partial charge in [0, 0.05) is 5.39 Å². The van der Waals surface area contributed by atoms with Gasteiger partial charge in [-0.15, -0.1) is 10.7 Å². The molecule has 0 atom stereocenters. The molecule has 0 fully saturated rings. The summed E-state index contributed by atoms with van der Waals surface area (Å²) in [4.78, 5) is 0. The third-order valence-electron chi connectivity index (χ3n) is 1.76. The van der Waals surface area contributed by atoms with Crippen LogP contribution in [-0.2, 0) is 14.9 Å². The van der Waals surface area contributed by atoms with E-state index in [9.17, 15) is 4.21 Å². The standard InChI is InChI=1S/C9H7O3S/c10-13(11)9-8-4-2-1-3-7(8)5-6-12-9/h1-6H,(H,10,11)/q-1. The molecule has 0 unspecified atom stereocenters. The Morgan fingerprint density at radius 2 is 2.00 bits per heavy atom. The van der Waals surface area contributed by atoms with Crippen molar-refractivity contribution >= 4 is 21.4 Å². The van der Waals surface area contributed by atoms with E-state index >= 15 is 0 Å². The van der Waals surface area contributed by atoms with Gasteiger partial charge in [0.05, 0.1) is 11.0 Å². The lowest BCUT2D eigenvalue weighted by Gasteiger charge is -2.00. The lowest BCUT2D eigenvalue weighted by atomic mass is 10.2. The van der Waals surface area contributed by atoms with Crippen LogP contribution in [0.1, 0.15) is 0 Å². The van der Waals surface area contributed by atoms with Crippen molar-refractivity contribution in [1.29, 1.82) is 0 Å². The molecule has 0 saturated heterocycles. The van der Waals surface area contributed by atoms with E-state index in [1.54, 1.807) is 18.2 Å². The Balaban J connectivity index is 3.10. The second-order valence-corrected chi connectivity index (χ2v) is 3.41. The molecule has 2 rings (SSSR count). The zero-order chi connectivity index (χ0) is 9.26. The van der Waals surface area contributed by atoms with Crippen molar-refractivity contribution in [3.8, 4) is 0 Å². The first-order valence-electron chi connectivity index (χ1n) is 3.69. The second kappa shape index (κ2) is 3.24. The molecule has 0 bridgehead atoms. The lowest BCUT2D eigenvalue weighted by Crippen LogP contribution is -1.78. The summed E-state index contributed by atoms with van der Waals surface area (Å²) < 4.78 is 24.8. The molecule has 1 aromatic heterocycles. The summed E-state index contributed by atoms with van der Waals surface area (Å²) >= 11 is 0. The van der Waals surface area contributed by atoms with E-state index in [1.165, 1.54) is 6.26 Å². The van der Waals surface area contributed by atoms with Gasteiger partial charge in [-0.1, -0.05) is 24.3 Å². The molecule has 0 aliphatic heterocycles. The first-order valence-corrected chi connectivity index (χ1v) is 4.80. The molecule has 1 heterocycles. The average Bonchev–Trinajstić information content (AvgIpc) is 2.17. The molecule has 0 aliphatic carbocycles. The number of benzene rings is 1. The highest BCUT2D eigenvalue weighted by molar-refractivity contribution is 7.70. The highest BCUT2D eigenvalue weighted by Crippen LogP contribution is 2.13. The van der Waals surface area contributed by atoms with Crippen LogP contribution in [0.2, 0.25) is 0 Å². The monoisotopic (exact) mass is 195 g/mol. The average molecular weight is 195 g/mol. The van der Waals surface area contributed by atoms with Crippen LogP contribution in [-0.4, -0.2) is 4.55 Å². The molecule has 2 aromatic rings. The van der Waals surface area contributed by atoms with Crippen LogP contribution in [0.4, 0.5) is 0 Å². The van der Waals surface area contributed by atoms with Crippen LogP contribution in [0.15, 0.2) is 41.0 Å². The third kappa shape index (κ3) is 1.46. The fraction of sp³-hybridized carbons (Fsp3) is 0. The highest BCUT2D eigenvalue weighted by atomic mass is 32.2. The summed E-state index contributed by atoms with van der Waals surface area (Å²) in [6.45, 7) is 0. The van der Waals surface area contributed by atoms with Gasteiger partial charge in [0.25, 0.3) is 0 Å². The zero-order valence-corrected chi connectivity index (χ0v) is 7.45. The van der Waals surface area contributed by atoms with E-state index in [4.69, 9.17) is 8.97 Å². The summed E-state index contributed by atoms with van der Waals surface area (Å²) in [7, 11) is -2.07. The number of fused-ring (bicyclic) bond motifs is 1. The molecule has 0 radical (unpaired) electrons. The SMILES string of the molecule is O=[S-](O)=c1occc2ccccc12. The van der Waals surface area contributed by atoms with Gasteiger partial charge >= 0.3 is 0 Å². The van der Waals surface area contributed by atoms with Crippen molar-refractivity contribution in [2.75, 3.05) is 0 Å². The zero-order valence-electron chi connectivity index (χ0n) is 6.64. The maximum Gasteiger partial charge on any atom is 0.0885 e. The molecule has 0 saturated carbocycles. The fourth-order valence-electron chi connectivity index (χ4n) is 1.20. The van der Waals surface area contributed by atoms with Gasteiger partial charge in [0.2, 0.25) is 0 Å². The second-order valence-electron chi connectivity index (χ2n) is 2.54. The topological polar surface area (TPSA) is 50.4 Å². The van der Waals surface area contributed by atoms with Gasteiger partial charge in [-0.25, -0.2) is 0 Å². The molecule has 0 amide bonds. The Bertz CT molecular complexity index is 545. The maximum atomic E-state index is 10.8. The molecule has 0 spiro atoms. The summed E-state index contributed by atoms with van der Waals surface area (Å²) in [6, 6.07) is 9.04. The number of hydrogen-bond donors (Lipinski definition) is 1. The Labute approximate surface area is 76.5 Å². The van der Waals surface area contributed by atoms with E-state index in [2.05, 4.69) is 0 Å². The Kier molecular flexibility index (Phi) is 2.08. The van der Waals surface area contributed by atoms with E-state index in [-0.39, 0.29) is 4.71 Å². The van der Waals surface area contributed by atoms with E-state index in [0.717, 1.165) is 5.39 Å². The van der Waals surface area contributed by atoms with Gasteiger partial charge in [-0.3, -0.25) is 0 Å². The van der Waals surface area contributed by atoms with Crippen molar-refractivity contribution in [1.82, 2.24) is 0 Å². The van der Waals surface area contributed by atoms with Gasteiger partial charge in [-0.2, -0.15) is 0 Å². The van der Waals surface area contributed by atoms with Gasteiger partial charge < -0.3 is 13.2 Å². The molecule has 3 nitrogen and oxygen atoms in total. The third-order valence-corrected chi connectivity index (χ3v) is 2.40. The molecule has 0 aliphatic rings. The van der Waals surface area contributed by atoms with Crippen molar-refractivity contribution in [2.24, 2.45) is 0 Å². The first kappa shape index (κ1) is 8.34. The molecule has 1 N–H and O–H groups in total. The minimum absolute atomic E-state index is 0.0955. The molecule has 68 valence electrons. The molecule has 13 heavy (non-hydrogen) atoms. The Morgan fingerprint density at radius 3 is 2.77 bits per heavy atom. The first-order chi connectivity index (χ1) is 6.29. The van der Waals surface area contributed by atoms with Crippen LogP contribution in [0.3, 0.4) is 0 Å². The van der Waals surface area contributed by atoms with Crippen molar-refractivity contribution < 1.29 is 13.2 Å². The number of rotatable bonds is 0. The van der Waals surface area contributed by atoms with E-state index in [0.29, 0.717) is 5.39 Å². The summed E-state index contributed by atoms with van der Waals surface area (Å²) in [5.74, 6) is 0. The van der Waals surface area contributed by atoms with Gasteiger partial charge in [0.15, 0.2) is 0 Å². The minimum Gasteiger partial charge on any atom is -0.487 e. The highest BCUT2D eigenvalue weighted by Gasteiger charge is 1.90. The normalized spacial score (nSPS) is 14.4. The minimum atomic E-state index is -2.07. The smallest absolute Gasteiger partial charge is 0.0885 e. The summed E-state index contributed by atoms with van der Waals surface area (Å²) in [5, 5.41) is 1.57. The number of hydrogen-bond acceptors (Lipinski definition) is 3. The Morgan fingerprint density at radius 1 is 1.23 bits per heavy atom. The van der Waals surface area contributed by atoms with Crippen LogP contribution in [0, 0.1) is 4.71 Å². The lowest BCUT2D eigenvalue weighted by molar-refractivity contribution is 0.501. The molecular weight excluding hydrogens is 188 g/mol. The van der Waals surface area contributed by atoms with Crippen LogP contribution in [0.5, 0.6) is 0 Å². The van der Waals surface area contributed by atoms with Crippen LogP contribution >= 0.6 is 0 Å². The van der Waals surface area contributed by atoms with Crippen LogP contribution in [0.25, 0.3) is 10.8 Å². The quantitative estimate of drug-likeness (QED) is 0.399. The van der Waals surface area contributed by atoms with E-state index < -0.39 is 10.7 Å². The summed E-state index contributed by atoms with van der Waals surface area (Å²) in [6.07, 6.45) is 1.41.